The van der Waals surface area contributed by atoms with Gasteiger partial charge in [-0.05, 0) is 24.6 Å². The van der Waals surface area contributed by atoms with E-state index in [4.69, 9.17) is 5.11 Å². The summed E-state index contributed by atoms with van der Waals surface area (Å²) < 4.78 is 70.2. The van der Waals surface area contributed by atoms with Crippen LogP contribution in [-0.4, -0.2) is 39.6 Å². The molecule has 1 unspecified atom stereocenters. The zero-order valence-electron chi connectivity index (χ0n) is 10.5. The molecule has 9 heteroatoms. The molecule has 1 rings (SSSR count). The van der Waals surface area contributed by atoms with Gasteiger partial charge in [-0.25, -0.2) is 16.8 Å². The molecule has 0 aliphatic rings. The summed E-state index contributed by atoms with van der Waals surface area (Å²) in [6, 6.07) is 4.20. The molecule has 1 N–H and O–H groups in total. The van der Waals surface area contributed by atoms with Crippen molar-refractivity contribution >= 4 is 19.7 Å². The van der Waals surface area contributed by atoms with Gasteiger partial charge in [0.1, 0.15) is 0 Å². The second-order valence-corrected chi connectivity index (χ2v) is 8.38. The van der Waals surface area contributed by atoms with Gasteiger partial charge in [0, 0.05) is 0 Å². The Bertz CT molecular complexity index is 649. The van der Waals surface area contributed by atoms with Crippen LogP contribution in [0.15, 0.2) is 29.2 Å². The summed E-state index contributed by atoms with van der Waals surface area (Å²) in [4.78, 5) is -0.566. The third-order valence-electron chi connectivity index (χ3n) is 2.37. The topological polar surface area (TPSA) is 88.5 Å². The molecule has 0 saturated heterocycles. The fourth-order valence-corrected chi connectivity index (χ4v) is 3.83. The highest BCUT2D eigenvalue weighted by atomic mass is 32.2. The van der Waals surface area contributed by atoms with Gasteiger partial charge in [0.25, 0.3) is 0 Å². The molecule has 114 valence electrons. The first-order valence-corrected chi connectivity index (χ1v) is 8.91. The molecule has 1 aromatic rings. The molecule has 0 heterocycles. The smallest absolute Gasteiger partial charge is 0.341 e. The van der Waals surface area contributed by atoms with Crippen molar-refractivity contribution in [3.05, 3.63) is 29.8 Å². The van der Waals surface area contributed by atoms with Gasteiger partial charge in [-0.3, -0.25) is 0 Å². The maximum atomic E-state index is 12.3. The van der Waals surface area contributed by atoms with E-state index in [-0.39, 0.29) is 5.56 Å². The second kappa shape index (κ2) is 6.15. The summed E-state index contributed by atoms with van der Waals surface area (Å²) in [6.45, 7) is 1.33. The highest BCUT2D eigenvalue weighted by molar-refractivity contribution is 7.91. The Hall–Kier alpha value is -1.06. The van der Waals surface area contributed by atoms with Crippen molar-refractivity contribution in [1.29, 1.82) is 0 Å². The van der Waals surface area contributed by atoms with Crippen molar-refractivity contribution in [3.8, 4) is 0 Å². The summed E-state index contributed by atoms with van der Waals surface area (Å²) >= 11 is 0. The van der Waals surface area contributed by atoms with Gasteiger partial charge in [0.15, 0.2) is 9.84 Å². The van der Waals surface area contributed by atoms with Gasteiger partial charge in [-0.1, -0.05) is 12.1 Å². The minimum Gasteiger partial charge on any atom is -0.392 e. The van der Waals surface area contributed by atoms with Crippen molar-refractivity contribution in [1.82, 2.24) is 0 Å². The van der Waals surface area contributed by atoms with E-state index in [0.29, 0.717) is 0 Å². The highest BCUT2D eigenvalue weighted by Crippen LogP contribution is 2.19. The summed E-state index contributed by atoms with van der Waals surface area (Å²) in [5.74, 6) is -4.34. The number of sulfone groups is 2. The van der Waals surface area contributed by atoms with Crippen molar-refractivity contribution in [2.45, 2.75) is 29.4 Å². The summed E-state index contributed by atoms with van der Waals surface area (Å²) in [6.07, 6.45) is -1.02. The van der Waals surface area contributed by atoms with Crippen LogP contribution in [0.5, 0.6) is 0 Å². The average Bonchev–Trinajstić information content (AvgIpc) is 2.26. The fourth-order valence-electron chi connectivity index (χ4n) is 1.56. The van der Waals surface area contributed by atoms with E-state index >= 15 is 0 Å². The van der Waals surface area contributed by atoms with Crippen LogP contribution >= 0.6 is 0 Å². The van der Waals surface area contributed by atoms with Crippen molar-refractivity contribution < 1.29 is 30.7 Å². The maximum Gasteiger partial charge on any atom is 0.341 e. The molecule has 0 aliphatic carbocycles. The Morgan fingerprint density at radius 3 is 2.00 bits per heavy atom. The third kappa shape index (κ3) is 4.50. The molecule has 5 nitrogen and oxygen atoms in total. The lowest BCUT2D eigenvalue weighted by atomic mass is 10.2. The molecular formula is C11H14F2O5S2. The fraction of sp³-hybridized carbons (Fsp3) is 0.455. The summed E-state index contributed by atoms with van der Waals surface area (Å²) in [5.41, 5.74) is 0.263. The van der Waals surface area contributed by atoms with E-state index in [1.807, 2.05) is 0 Å². The lowest BCUT2D eigenvalue weighted by Crippen LogP contribution is -2.19. The monoisotopic (exact) mass is 328 g/mol. The minimum atomic E-state index is -4.68. The first-order chi connectivity index (χ1) is 9.04. The van der Waals surface area contributed by atoms with E-state index in [0.717, 1.165) is 24.3 Å². The number of hydrogen-bond donors (Lipinski definition) is 1. The van der Waals surface area contributed by atoms with E-state index in [9.17, 15) is 25.6 Å². The number of aliphatic hydroxyl groups excluding tert-OH is 1. The van der Waals surface area contributed by atoms with Gasteiger partial charge in [0.05, 0.1) is 22.5 Å². The zero-order valence-corrected chi connectivity index (χ0v) is 12.2. The lowest BCUT2D eigenvalue weighted by Gasteiger charge is -2.07. The molecule has 0 radical (unpaired) electrons. The molecule has 0 aliphatic heterocycles. The van der Waals surface area contributed by atoms with Crippen LogP contribution in [-0.2, 0) is 25.4 Å². The Kier molecular flexibility index (Phi) is 5.22. The molecule has 1 aromatic carbocycles. The van der Waals surface area contributed by atoms with Crippen LogP contribution in [0.1, 0.15) is 12.5 Å². The van der Waals surface area contributed by atoms with E-state index < -0.39 is 47.9 Å². The molecule has 1 atom stereocenters. The van der Waals surface area contributed by atoms with Gasteiger partial charge < -0.3 is 5.11 Å². The molecule has 0 fully saturated rings. The van der Waals surface area contributed by atoms with E-state index in [1.165, 1.54) is 6.92 Å². The van der Waals surface area contributed by atoms with Crippen molar-refractivity contribution in [2.75, 3.05) is 5.75 Å². The number of alkyl halides is 2. The Balaban J connectivity index is 2.94. The van der Waals surface area contributed by atoms with Crippen LogP contribution in [0, 0.1) is 0 Å². The second-order valence-electron chi connectivity index (χ2n) is 4.35. The molecule has 0 bridgehead atoms. The Morgan fingerprint density at radius 1 is 1.10 bits per heavy atom. The SMILES string of the molecule is CC(O)CS(=O)(=O)Cc1ccc(S(=O)(=O)C(F)F)cc1. The molecule has 0 spiro atoms. The van der Waals surface area contributed by atoms with Gasteiger partial charge in [-0.15, -0.1) is 0 Å². The minimum absolute atomic E-state index is 0.263. The zero-order chi connectivity index (χ0) is 15.6. The first kappa shape index (κ1) is 17.0. The molecule has 0 amide bonds. The molecule has 0 saturated carbocycles. The largest absolute Gasteiger partial charge is 0.392 e. The van der Waals surface area contributed by atoms with E-state index in [1.54, 1.807) is 0 Å². The number of rotatable bonds is 6. The van der Waals surface area contributed by atoms with Crippen molar-refractivity contribution in [3.63, 3.8) is 0 Å². The Labute approximate surface area is 116 Å². The standard InChI is InChI=1S/C11H14F2O5S2/c1-8(14)6-19(15,16)7-9-2-4-10(5-3-9)20(17,18)11(12)13/h2-5,8,11,14H,6-7H2,1H3. The van der Waals surface area contributed by atoms with E-state index in [2.05, 4.69) is 0 Å². The number of hydrogen-bond acceptors (Lipinski definition) is 5. The van der Waals surface area contributed by atoms with Crippen LogP contribution in [0.2, 0.25) is 0 Å². The quantitative estimate of drug-likeness (QED) is 0.841. The number of benzene rings is 1. The predicted octanol–water partition coefficient (Wildman–Crippen LogP) is 0.979. The lowest BCUT2D eigenvalue weighted by molar-refractivity contribution is 0.218. The van der Waals surface area contributed by atoms with Crippen LogP contribution in [0.25, 0.3) is 0 Å². The summed E-state index contributed by atoms with van der Waals surface area (Å²) in [5, 5.41) is 9.04. The van der Waals surface area contributed by atoms with Gasteiger partial charge in [-0.2, -0.15) is 8.78 Å². The number of aliphatic hydroxyl groups is 1. The third-order valence-corrected chi connectivity index (χ3v) is 5.53. The summed E-state index contributed by atoms with van der Waals surface area (Å²) in [7, 11) is -8.23. The highest BCUT2D eigenvalue weighted by Gasteiger charge is 2.26. The molecular weight excluding hydrogens is 314 g/mol. The Morgan fingerprint density at radius 2 is 1.60 bits per heavy atom. The van der Waals surface area contributed by atoms with Gasteiger partial charge >= 0.3 is 5.76 Å². The first-order valence-electron chi connectivity index (χ1n) is 5.54. The van der Waals surface area contributed by atoms with Crippen molar-refractivity contribution in [2.24, 2.45) is 0 Å². The van der Waals surface area contributed by atoms with Crippen LogP contribution in [0.4, 0.5) is 8.78 Å². The predicted molar refractivity (Wildman–Crippen MR) is 68.8 cm³/mol. The van der Waals surface area contributed by atoms with Crippen LogP contribution < -0.4 is 0 Å². The molecule has 0 aromatic heterocycles. The normalized spacial score (nSPS) is 14.4. The van der Waals surface area contributed by atoms with Gasteiger partial charge in [0.2, 0.25) is 9.84 Å². The number of halogens is 2. The molecule has 20 heavy (non-hydrogen) atoms. The van der Waals surface area contributed by atoms with Crippen LogP contribution in [0.3, 0.4) is 0 Å². The maximum absolute atomic E-state index is 12.3. The average molecular weight is 328 g/mol.